The summed E-state index contributed by atoms with van der Waals surface area (Å²) in [5.74, 6) is 2.46. The second kappa shape index (κ2) is 5.77. The van der Waals surface area contributed by atoms with Crippen LogP contribution in [-0.4, -0.2) is 6.04 Å². The van der Waals surface area contributed by atoms with E-state index in [1.165, 1.54) is 30.5 Å². The fourth-order valence-corrected chi connectivity index (χ4v) is 3.23. The summed E-state index contributed by atoms with van der Waals surface area (Å²) in [5.41, 5.74) is 2.61. The van der Waals surface area contributed by atoms with Crippen LogP contribution in [0.2, 0.25) is 0 Å². The number of benzene rings is 1. The van der Waals surface area contributed by atoms with Gasteiger partial charge in [-0.3, -0.25) is 0 Å². The number of anilines is 1. The monoisotopic (exact) mass is 245 g/mol. The predicted molar refractivity (Wildman–Crippen MR) is 79.9 cm³/mol. The van der Waals surface area contributed by atoms with Crippen LogP contribution in [0.15, 0.2) is 24.3 Å². The summed E-state index contributed by atoms with van der Waals surface area (Å²) < 4.78 is 0. The first-order chi connectivity index (χ1) is 8.56. The minimum atomic E-state index is 0.649. The molecule has 1 saturated carbocycles. The van der Waals surface area contributed by atoms with Crippen LogP contribution in [0.25, 0.3) is 0 Å². The van der Waals surface area contributed by atoms with Crippen LogP contribution in [0.1, 0.15) is 45.6 Å². The highest BCUT2D eigenvalue weighted by molar-refractivity contribution is 5.45. The molecule has 0 amide bonds. The van der Waals surface area contributed by atoms with E-state index in [0.717, 1.165) is 17.8 Å². The summed E-state index contributed by atoms with van der Waals surface area (Å²) in [6.07, 6.45) is 4.09. The Labute approximate surface area is 112 Å². The highest BCUT2D eigenvalue weighted by Crippen LogP contribution is 2.35. The molecule has 1 aromatic rings. The average molecular weight is 245 g/mol. The molecule has 0 saturated heterocycles. The van der Waals surface area contributed by atoms with Crippen LogP contribution in [0.5, 0.6) is 0 Å². The van der Waals surface area contributed by atoms with Gasteiger partial charge in [-0.15, -0.1) is 0 Å². The van der Waals surface area contributed by atoms with Gasteiger partial charge in [0.15, 0.2) is 0 Å². The highest BCUT2D eigenvalue weighted by Gasteiger charge is 2.30. The van der Waals surface area contributed by atoms with Gasteiger partial charge in [0.2, 0.25) is 0 Å². The molecular weight excluding hydrogens is 218 g/mol. The van der Waals surface area contributed by atoms with Crippen molar-refractivity contribution in [3.63, 3.8) is 0 Å². The van der Waals surface area contributed by atoms with Crippen molar-refractivity contribution < 1.29 is 0 Å². The summed E-state index contributed by atoms with van der Waals surface area (Å²) >= 11 is 0. The van der Waals surface area contributed by atoms with Gasteiger partial charge in [-0.2, -0.15) is 0 Å². The van der Waals surface area contributed by atoms with Gasteiger partial charge in [0.1, 0.15) is 0 Å². The molecule has 0 spiro atoms. The van der Waals surface area contributed by atoms with Crippen molar-refractivity contribution in [2.45, 2.75) is 53.0 Å². The van der Waals surface area contributed by atoms with Gasteiger partial charge in [-0.05, 0) is 49.7 Å². The third kappa shape index (κ3) is 3.28. The van der Waals surface area contributed by atoms with E-state index in [-0.39, 0.29) is 0 Å². The summed E-state index contributed by atoms with van der Waals surface area (Å²) in [6, 6.07) is 9.46. The lowest BCUT2D eigenvalue weighted by Crippen LogP contribution is -2.37. The maximum Gasteiger partial charge on any atom is 0.0342 e. The fourth-order valence-electron chi connectivity index (χ4n) is 3.23. The van der Waals surface area contributed by atoms with Gasteiger partial charge in [0.05, 0.1) is 0 Å². The molecule has 1 heteroatoms. The summed E-state index contributed by atoms with van der Waals surface area (Å²) in [6.45, 7) is 9.26. The molecule has 1 fully saturated rings. The Morgan fingerprint density at radius 2 is 1.78 bits per heavy atom. The lowest BCUT2D eigenvalue weighted by molar-refractivity contribution is 0.212. The maximum atomic E-state index is 3.77. The van der Waals surface area contributed by atoms with Crippen molar-refractivity contribution in [3.05, 3.63) is 29.8 Å². The molecule has 3 atom stereocenters. The Morgan fingerprint density at radius 3 is 2.39 bits per heavy atom. The molecule has 18 heavy (non-hydrogen) atoms. The van der Waals surface area contributed by atoms with Gasteiger partial charge >= 0.3 is 0 Å². The third-order valence-electron chi connectivity index (χ3n) is 4.43. The highest BCUT2D eigenvalue weighted by atomic mass is 14.9. The van der Waals surface area contributed by atoms with Crippen molar-refractivity contribution in [1.82, 2.24) is 0 Å². The molecule has 2 rings (SSSR count). The van der Waals surface area contributed by atoms with Gasteiger partial charge in [-0.1, -0.05) is 44.9 Å². The molecule has 0 radical (unpaired) electrons. The molecule has 100 valence electrons. The zero-order chi connectivity index (χ0) is 13.1. The SMILES string of the molecule is Cc1ccc(NC2CC(C)CCC2C(C)C)cc1. The molecule has 1 aliphatic rings. The molecule has 0 aliphatic heterocycles. The maximum absolute atomic E-state index is 3.77. The normalized spacial score (nSPS) is 28.4. The Hall–Kier alpha value is -0.980. The second-order valence-corrected chi connectivity index (χ2v) is 6.44. The standard InChI is InChI=1S/C17H27N/c1-12(2)16-10-7-14(4)11-17(16)18-15-8-5-13(3)6-9-15/h5-6,8-9,12,14,16-18H,7,10-11H2,1-4H3. The van der Waals surface area contributed by atoms with E-state index in [1.54, 1.807) is 0 Å². The topological polar surface area (TPSA) is 12.0 Å². The predicted octanol–water partition coefficient (Wildman–Crippen LogP) is 4.87. The summed E-state index contributed by atoms with van der Waals surface area (Å²) in [7, 11) is 0. The molecule has 3 unspecified atom stereocenters. The van der Waals surface area contributed by atoms with E-state index >= 15 is 0 Å². The zero-order valence-electron chi connectivity index (χ0n) is 12.2. The molecular formula is C17H27N. The smallest absolute Gasteiger partial charge is 0.0342 e. The first-order valence-electron chi connectivity index (χ1n) is 7.39. The zero-order valence-corrected chi connectivity index (χ0v) is 12.2. The molecule has 1 nitrogen and oxygen atoms in total. The van der Waals surface area contributed by atoms with Crippen molar-refractivity contribution in [3.8, 4) is 0 Å². The van der Waals surface area contributed by atoms with Crippen LogP contribution < -0.4 is 5.32 Å². The van der Waals surface area contributed by atoms with Gasteiger partial charge in [0, 0.05) is 11.7 Å². The van der Waals surface area contributed by atoms with Crippen LogP contribution >= 0.6 is 0 Å². The summed E-state index contributed by atoms with van der Waals surface area (Å²) in [4.78, 5) is 0. The van der Waals surface area contributed by atoms with Crippen molar-refractivity contribution in [2.24, 2.45) is 17.8 Å². The lowest BCUT2D eigenvalue weighted by Gasteiger charge is -2.38. The third-order valence-corrected chi connectivity index (χ3v) is 4.43. The second-order valence-electron chi connectivity index (χ2n) is 6.44. The van der Waals surface area contributed by atoms with E-state index in [0.29, 0.717) is 6.04 Å². The van der Waals surface area contributed by atoms with Crippen molar-refractivity contribution in [1.29, 1.82) is 0 Å². The first kappa shape index (κ1) is 13.5. The van der Waals surface area contributed by atoms with Crippen LogP contribution in [-0.2, 0) is 0 Å². The van der Waals surface area contributed by atoms with E-state index in [2.05, 4.69) is 57.3 Å². The lowest BCUT2D eigenvalue weighted by atomic mass is 9.74. The Morgan fingerprint density at radius 1 is 1.11 bits per heavy atom. The number of hydrogen-bond donors (Lipinski definition) is 1. The molecule has 1 aromatic carbocycles. The quantitative estimate of drug-likeness (QED) is 0.801. The molecule has 0 bridgehead atoms. The Bertz CT molecular complexity index is 366. The molecule has 0 heterocycles. The van der Waals surface area contributed by atoms with Gasteiger partial charge in [0.25, 0.3) is 0 Å². The average Bonchev–Trinajstić information content (AvgIpc) is 2.32. The largest absolute Gasteiger partial charge is 0.382 e. The Balaban J connectivity index is 2.06. The number of hydrogen-bond acceptors (Lipinski definition) is 1. The fraction of sp³-hybridized carbons (Fsp3) is 0.647. The van der Waals surface area contributed by atoms with E-state index in [4.69, 9.17) is 0 Å². The number of rotatable bonds is 3. The molecule has 0 aromatic heterocycles. The van der Waals surface area contributed by atoms with Crippen molar-refractivity contribution in [2.75, 3.05) is 5.32 Å². The van der Waals surface area contributed by atoms with E-state index in [9.17, 15) is 0 Å². The number of aryl methyl sites for hydroxylation is 1. The van der Waals surface area contributed by atoms with Crippen molar-refractivity contribution >= 4 is 5.69 Å². The van der Waals surface area contributed by atoms with Crippen LogP contribution in [0.3, 0.4) is 0 Å². The minimum absolute atomic E-state index is 0.649. The Kier molecular flexibility index (Phi) is 4.31. The van der Waals surface area contributed by atoms with E-state index in [1.807, 2.05) is 0 Å². The minimum Gasteiger partial charge on any atom is -0.382 e. The van der Waals surface area contributed by atoms with Crippen LogP contribution in [0.4, 0.5) is 5.69 Å². The van der Waals surface area contributed by atoms with E-state index < -0.39 is 0 Å². The number of nitrogens with one attached hydrogen (secondary N) is 1. The van der Waals surface area contributed by atoms with Gasteiger partial charge < -0.3 is 5.32 Å². The van der Waals surface area contributed by atoms with Crippen LogP contribution in [0, 0.1) is 24.7 Å². The molecule has 1 aliphatic carbocycles. The molecule has 1 N–H and O–H groups in total. The first-order valence-corrected chi connectivity index (χ1v) is 7.39. The summed E-state index contributed by atoms with van der Waals surface area (Å²) in [5, 5.41) is 3.77. The van der Waals surface area contributed by atoms with Gasteiger partial charge in [-0.25, -0.2) is 0 Å².